The minimum atomic E-state index is -0.712. The maximum atomic E-state index is 13.8. The minimum Gasteiger partial charge on any atom is -0.444 e. The Kier molecular flexibility index (Phi) is 6.12. The van der Waals surface area contributed by atoms with Gasteiger partial charge in [-0.3, -0.25) is 15.1 Å². The lowest BCUT2D eigenvalue weighted by Crippen LogP contribution is -2.27. The monoisotopic (exact) mass is 428 g/mol. The van der Waals surface area contributed by atoms with Crippen LogP contribution < -0.4 is 10.6 Å². The van der Waals surface area contributed by atoms with E-state index in [2.05, 4.69) is 20.6 Å². The average Bonchev–Trinajstić information content (AvgIpc) is 3.05. The second-order valence-electron chi connectivity index (χ2n) is 7.42. The third-order valence-electron chi connectivity index (χ3n) is 3.75. The fourth-order valence-corrected chi connectivity index (χ4v) is 3.47. The van der Waals surface area contributed by atoms with E-state index in [9.17, 15) is 14.0 Å². The molecule has 0 aliphatic heterocycles. The van der Waals surface area contributed by atoms with Gasteiger partial charge in [0.05, 0.1) is 22.8 Å². The number of pyridine rings is 1. The molecule has 0 unspecified atom stereocenters. The predicted octanol–water partition coefficient (Wildman–Crippen LogP) is 5.25. The number of nitrogens with one attached hydrogen (secondary N) is 2. The molecule has 2 aromatic heterocycles. The van der Waals surface area contributed by atoms with Crippen molar-refractivity contribution in [2.24, 2.45) is 0 Å². The molecule has 1 aromatic carbocycles. The van der Waals surface area contributed by atoms with Crippen LogP contribution in [0.2, 0.25) is 0 Å². The van der Waals surface area contributed by atoms with E-state index in [1.54, 1.807) is 46.0 Å². The van der Waals surface area contributed by atoms with Gasteiger partial charge in [0, 0.05) is 6.20 Å². The van der Waals surface area contributed by atoms with Crippen LogP contribution in [0.3, 0.4) is 0 Å². The molecule has 7 nitrogen and oxygen atoms in total. The molecule has 30 heavy (non-hydrogen) atoms. The normalized spacial score (nSPS) is 11.1. The van der Waals surface area contributed by atoms with E-state index < -0.39 is 23.4 Å². The Hall–Kier alpha value is -3.33. The highest BCUT2D eigenvalue weighted by Gasteiger charge is 2.20. The van der Waals surface area contributed by atoms with Gasteiger partial charge >= 0.3 is 6.09 Å². The average molecular weight is 428 g/mol. The highest BCUT2D eigenvalue weighted by atomic mass is 32.1. The lowest BCUT2D eigenvalue weighted by Gasteiger charge is -2.20. The smallest absolute Gasteiger partial charge is 0.412 e. The number of benzene rings is 1. The molecule has 2 N–H and O–H groups in total. The molecular weight excluding hydrogens is 407 g/mol. The summed E-state index contributed by atoms with van der Waals surface area (Å²) in [6.07, 6.45) is 0.934. The summed E-state index contributed by atoms with van der Waals surface area (Å²) in [5.74, 6) is -1.03. The van der Waals surface area contributed by atoms with Crippen molar-refractivity contribution in [2.45, 2.75) is 33.3 Å². The maximum Gasteiger partial charge on any atom is 0.412 e. The van der Waals surface area contributed by atoms with Crippen LogP contribution in [0, 0.1) is 12.7 Å². The molecule has 9 heteroatoms. The van der Waals surface area contributed by atoms with Gasteiger partial charge in [-0.1, -0.05) is 6.07 Å². The van der Waals surface area contributed by atoms with Crippen LogP contribution in [0.15, 0.2) is 42.6 Å². The SMILES string of the molecule is Cc1nc(-c2ccccn2)sc1C(=O)Nc1cc(F)ccc1NC(=O)OC(C)(C)C. The van der Waals surface area contributed by atoms with E-state index in [0.717, 1.165) is 6.07 Å². The first kappa shape index (κ1) is 21.4. The van der Waals surface area contributed by atoms with Crippen molar-refractivity contribution in [1.82, 2.24) is 9.97 Å². The molecule has 0 saturated heterocycles. The predicted molar refractivity (Wildman–Crippen MR) is 114 cm³/mol. The lowest BCUT2D eigenvalue weighted by molar-refractivity contribution is 0.0635. The summed E-state index contributed by atoms with van der Waals surface area (Å²) in [4.78, 5) is 33.9. The van der Waals surface area contributed by atoms with E-state index in [4.69, 9.17) is 4.74 Å². The zero-order valence-corrected chi connectivity index (χ0v) is 17.8. The van der Waals surface area contributed by atoms with Crippen molar-refractivity contribution >= 4 is 34.7 Å². The van der Waals surface area contributed by atoms with Crippen LogP contribution in [0.5, 0.6) is 0 Å². The minimum absolute atomic E-state index is 0.109. The molecule has 0 aliphatic rings. The highest BCUT2D eigenvalue weighted by Crippen LogP contribution is 2.29. The van der Waals surface area contributed by atoms with Gasteiger partial charge in [0.15, 0.2) is 0 Å². The number of hydrogen-bond acceptors (Lipinski definition) is 6. The summed E-state index contributed by atoms with van der Waals surface area (Å²) in [7, 11) is 0. The first-order valence-electron chi connectivity index (χ1n) is 9.12. The second kappa shape index (κ2) is 8.58. The Bertz CT molecular complexity index is 1080. The molecule has 2 heterocycles. The fraction of sp³-hybridized carbons (Fsp3) is 0.238. The van der Waals surface area contributed by atoms with Crippen molar-refractivity contribution in [3.05, 3.63) is 59.0 Å². The number of aromatic nitrogens is 2. The van der Waals surface area contributed by atoms with Gasteiger partial charge in [-0.25, -0.2) is 14.2 Å². The van der Waals surface area contributed by atoms with E-state index in [1.807, 2.05) is 6.07 Å². The van der Waals surface area contributed by atoms with Gasteiger partial charge in [0.25, 0.3) is 5.91 Å². The molecule has 0 saturated carbocycles. The number of thiazole rings is 1. The van der Waals surface area contributed by atoms with Crippen molar-refractivity contribution in [3.8, 4) is 10.7 Å². The molecule has 0 atom stereocenters. The number of rotatable bonds is 4. The number of hydrogen-bond donors (Lipinski definition) is 2. The van der Waals surface area contributed by atoms with E-state index >= 15 is 0 Å². The van der Waals surface area contributed by atoms with Crippen LogP contribution in [0.1, 0.15) is 36.1 Å². The van der Waals surface area contributed by atoms with Crippen LogP contribution in [0.4, 0.5) is 20.6 Å². The standard InChI is InChI=1S/C21H21FN4O3S/c1-12-17(30-19(24-12)15-7-5-6-10-23-15)18(27)25-16-11-13(22)8-9-14(16)26-20(28)29-21(2,3)4/h5-11H,1-4H3,(H,25,27)(H,26,28). The van der Waals surface area contributed by atoms with Crippen LogP contribution in [-0.2, 0) is 4.74 Å². The zero-order chi connectivity index (χ0) is 21.9. The van der Waals surface area contributed by atoms with Crippen LogP contribution >= 0.6 is 11.3 Å². The second-order valence-corrected chi connectivity index (χ2v) is 8.42. The molecule has 0 radical (unpaired) electrons. The Morgan fingerprint density at radius 2 is 1.87 bits per heavy atom. The van der Waals surface area contributed by atoms with Gasteiger partial charge in [-0.2, -0.15) is 0 Å². The Labute approximate surface area is 177 Å². The topological polar surface area (TPSA) is 93.2 Å². The molecule has 3 aromatic rings. The van der Waals surface area contributed by atoms with Crippen molar-refractivity contribution in [1.29, 1.82) is 0 Å². The fourth-order valence-electron chi connectivity index (χ4n) is 2.53. The van der Waals surface area contributed by atoms with Gasteiger partial charge in [-0.15, -0.1) is 11.3 Å². The Morgan fingerprint density at radius 1 is 1.10 bits per heavy atom. The van der Waals surface area contributed by atoms with Crippen molar-refractivity contribution < 1.29 is 18.7 Å². The summed E-state index contributed by atoms with van der Waals surface area (Å²) in [6.45, 7) is 6.90. The molecule has 3 rings (SSSR count). The number of ether oxygens (including phenoxy) is 1. The molecule has 0 fully saturated rings. The first-order chi connectivity index (χ1) is 14.1. The third-order valence-corrected chi connectivity index (χ3v) is 4.93. The summed E-state index contributed by atoms with van der Waals surface area (Å²) in [5, 5.41) is 5.78. The lowest BCUT2D eigenvalue weighted by atomic mass is 10.2. The van der Waals surface area contributed by atoms with Crippen molar-refractivity contribution in [3.63, 3.8) is 0 Å². The first-order valence-corrected chi connectivity index (χ1v) is 9.94. The Balaban J connectivity index is 1.82. The summed E-state index contributed by atoms with van der Waals surface area (Å²) >= 11 is 1.18. The van der Waals surface area contributed by atoms with Crippen molar-refractivity contribution in [2.75, 3.05) is 10.6 Å². The number of carbonyl (C=O) groups is 2. The highest BCUT2D eigenvalue weighted by molar-refractivity contribution is 7.17. The number of carbonyl (C=O) groups excluding carboxylic acids is 2. The number of amides is 2. The zero-order valence-electron chi connectivity index (χ0n) is 16.9. The molecule has 2 amide bonds. The van der Waals surface area contributed by atoms with Crippen LogP contribution in [-0.4, -0.2) is 27.6 Å². The van der Waals surface area contributed by atoms with E-state index in [-0.39, 0.29) is 11.4 Å². The third kappa shape index (κ3) is 5.38. The number of nitrogens with zero attached hydrogens (tertiary/aromatic N) is 2. The maximum absolute atomic E-state index is 13.8. The summed E-state index contributed by atoms with van der Waals surface area (Å²) < 4.78 is 19.0. The number of halogens is 1. The van der Waals surface area contributed by atoms with E-state index in [0.29, 0.717) is 21.3 Å². The van der Waals surface area contributed by atoms with Gasteiger partial charge in [-0.05, 0) is 58.0 Å². The Morgan fingerprint density at radius 3 is 2.53 bits per heavy atom. The van der Waals surface area contributed by atoms with E-state index in [1.165, 1.54) is 23.5 Å². The van der Waals surface area contributed by atoms with Crippen LogP contribution in [0.25, 0.3) is 10.7 Å². The van der Waals surface area contributed by atoms with Gasteiger partial charge in [0.1, 0.15) is 21.3 Å². The van der Waals surface area contributed by atoms with Gasteiger partial charge < -0.3 is 10.1 Å². The quantitative estimate of drug-likeness (QED) is 0.592. The van der Waals surface area contributed by atoms with Gasteiger partial charge in [0.2, 0.25) is 0 Å². The number of aryl methyl sites for hydroxylation is 1. The molecule has 0 aliphatic carbocycles. The summed E-state index contributed by atoms with van der Waals surface area (Å²) in [5.41, 5.74) is 0.804. The molecule has 0 bridgehead atoms. The number of anilines is 2. The summed E-state index contributed by atoms with van der Waals surface area (Å²) in [6, 6.07) is 9.09. The largest absolute Gasteiger partial charge is 0.444 e. The molecule has 156 valence electrons. The molecular formula is C21H21FN4O3S. The molecule has 0 spiro atoms.